The number of fused-ring (bicyclic) bond motifs is 7. The highest BCUT2D eigenvalue weighted by Crippen LogP contribution is 2.43. The lowest BCUT2D eigenvalue weighted by Gasteiger charge is -2.16. The highest BCUT2D eigenvalue weighted by molar-refractivity contribution is 6.12. The van der Waals surface area contributed by atoms with E-state index in [0.29, 0.717) is 17.5 Å². The maximum atomic E-state index is 6.55. The van der Waals surface area contributed by atoms with Crippen molar-refractivity contribution in [3.63, 3.8) is 0 Å². The zero-order chi connectivity index (χ0) is 35.6. The monoisotopic (exact) mass is 691 g/mol. The first kappa shape index (κ1) is 30.3. The van der Waals surface area contributed by atoms with Crippen LogP contribution in [0.2, 0.25) is 0 Å². The minimum absolute atomic E-state index is 0.517. The van der Waals surface area contributed by atoms with Crippen molar-refractivity contribution in [3.8, 4) is 56.4 Å². The van der Waals surface area contributed by atoms with Crippen LogP contribution in [0.4, 0.5) is 0 Å². The first-order valence-corrected chi connectivity index (χ1v) is 18.0. The van der Waals surface area contributed by atoms with E-state index in [-0.39, 0.29) is 0 Å². The molecule has 0 amide bonds. The number of para-hydroxylation sites is 4. The molecule has 0 saturated carbocycles. The molecule has 0 aliphatic carbocycles. The number of benzene rings is 8. The Morgan fingerprint density at radius 1 is 0.278 bits per heavy atom. The molecule has 11 rings (SSSR count). The summed E-state index contributed by atoms with van der Waals surface area (Å²) in [4.78, 5) is 16.0. The molecule has 0 saturated heterocycles. The van der Waals surface area contributed by atoms with E-state index in [1.54, 1.807) is 0 Å². The fourth-order valence-electron chi connectivity index (χ4n) is 7.90. The van der Waals surface area contributed by atoms with Crippen molar-refractivity contribution in [2.24, 2.45) is 0 Å². The van der Waals surface area contributed by atoms with Gasteiger partial charge in [-0.3, -0.25) is 0 Å². The lowest BCUT2D eigenvalue weighted by molar-refractivity contribution is 0.669. The van der Waals surface area contributed by atoms with E-state index in [9.17, 15) is 0 Å². The van der Waals surface area contributed by atoms with Crippen LogP contribution in [-0.4, -0.2) is 15.0 Å². The molecule has 252 valence electrons. The molecule has 0 N–H and O–H groups in total. The van der Waals surface area contributed by atoms with Crippen molar-refractivity contribution in [2.45, 2.75) is 0 Å². The van der Waals surface area contributed by atoms with Gasteiger partial charge in [0.1, 0.15) is 22.3 Å². The van der Waals surface area contributed by atoms with Gasteiger partial charge in [-0.2, -0.15) is 0 Å². The standard InChI is InChI=1S/C49H29N3O2/c1-3-14-30(15-4-1)32-20-11-21-37-34(32)29-28-33(31-16-5-2-6-17-31)44(37)49-51-47(40-24-12-22-38-35-18-7-9-26-42(35)53-45(38)40)50-48(52-49)41-25-13-23-39-36-19-8-10-27-43(36)54-46(39)41/h1-29H. The van der Waals surface area contributed by atoms with Crippen LogP contribution in [0.1, 0.15) is 0 Å². The van der Waals surface area contributed by atoms with E-state index in [2.05, 4.69) is 103 Å². The maximum Gasteiger partial charge on any atom is 0.167 e. The van der Waals surface area contributed by atoms with E-state index < -0.39 is 0 Å². The summed E-state index contributed by atoms with van der Waals surface area (Å²) in [6.45, 7) is 0. The molecular weight excluding hydrogens is 663 g/mol. The number of nitrogens with zero attached hydrogens (tertiary/aromatic N) is 3. The molecule has 5 nitrogen and oxygen atoms in total. The van der Waals surface area contributed by atoms with Gasteiger partial charge in [0.05, 0.1) is 11.1 Å². The van der Waals surface area contributed by atoms with Crippen molar-refractivity contribution in [3.05, 3.63) is 176 Å². The topological polar surface area (TPSA) is 65.0 Å². The molecule has 0 atom stereocenters. The first-order chi connectivity index (χ1) is 26.8. The lowest BCUT2D eigenvalue weighted by Crippen LogP contribution is -2.02. The third-order valence-corrected chi connectivity index (χ3v) is 10.4. The molecule has 11 aromatic rings. The number of furan rings is 2. The quantitative estimate of drug-likeness (QED) is 0.180. The van der Waals surface area contributed by atoms with Gasteiger partial charge >= 0.3 is 0 Å². The second-order valence-corrected chi connectivity index (χ2v) is 13.5. The van der Waals surface area contributed by atoms with Gasteiger partial charge in [-0.05, 0) is 57.3 Å². The summed E-state index contributed by atoms with van der Waals surface area (Å²) in [5.41, 5.74) is 9.98. The zero-order valence-electron chi connectivity index (χ0n) is 28.9. The average Bonchev–Trinajstić information content (AvgIpc) is 3.82. The number of hydrogen-bond acceptors (Lipinski definition) is 5. The van der Waals surface area contributed by atoms with E-state index in [4.69, 9.17) is 23.8 Å². The van der Waals surface area contributed by atoms with E-state index in [0.717, 1.165) is 93.6 Å². The molecule has 5 heteroatoms. The first-order valence-electron chi connectivity index (χ1n) is 18.0. The average molecular weight is 692 g/mol. The Balaban J connectivity index is 1.25. The normalized spacial score (nSPS) is 11.7. The molecule has 0 radical (unpaired) electrons. The Kier molecular flexibility index (Phi) is 6.79. The Bertz CT molecular complexity index is 3090. The maximum absolute atomic E-state index is 6.55. The smallest absolute Gasteiger partial charge is 0.167 e. The van der Waals surface area contributed by atoms with Gasteiger partial charge in [0, 0.05) is 27.1 Å². The molecule has 0 spiro atoms. The van der Waals surface area contributed by atoms with Crippen molar-refractivity contribution >= 4 is 54.6 Å². The van der Waals surface area contributed by atoms with Gasteiger partial charge in [0.15, 0.2) is 17.5 Å². The molecular formula is C49H29N3O2. The molecule has 0 aliphatic rings. The summed E-state index contributed by atoms with van der Waals surface area (Å²) in [6, 6.07) is 60.4. The van der Waals surface area contributed by atoms with Gasteiger partial charge in [-0.15, -0.1) is 0 Å². The van der Waals surface area contributed by atoms with E-state index >= 15 is 0 Å². The van der Waals surface area contributed by atoms with Crippen LogP contribution in [0.15, 0.2) is 185 Å². The third kappa shape index (κ3) is 4.76. The Morgan fingerprint density at radius 2 is 0.722 bits per heavy atom. The molecule has 0 fully saturated rings. The predicted octanol–water partition coefficient (Wildman–Crippen LogP) is 13.2. The fraction of sp³-hybridized carbons (Fsp3) is 0. The van der Waals surface area contributed by atoms with Crippen molar-refractivity contribution < 1.29 is 8.83 Å². The van der Waals surface area contributed by atoms with Crippen LogP contribution in [0, 0.1) is 0 Å². The van der Waals surface area contributed by atoms with E-state index in [1.807, 2.05) is 72.8 Å². The second kappa shape index (κ2) is 12.1. The highest BCUT2D eigenvalue weighted by atomic mass is 16.3. The molecule has 8 aromatic carbocycles. The summed E-state index contributed by atoms with van der Waals surface area (Å²) in [7, 11) is 0. The van der Waals surface area contributed by atoms with Crippen LogP contribution in [0.3, 0.4) is 0 Å². The van der Waals surface area contributed by atoms with Crippen LogP contribution in [-0.2, 0) is 0 Å². The number of hydrogen-bond donors (Lipinski definition) is 0. The van der Waals surface area contributed by atoms with Gasteiger partial charge in [-0.25, -0.2) is 15.0 Å². The lowest BCUT2D eigenvalue weighted by atomic mass is 9.90. The van der Waals surface area contributed by atoms with Crippen LogP contribution in [0.5, 0.6) is 0 Å². The van der Waals surface area contributed by atoms with Gasteiger partial charge in [0.2, 0.25) is 0 Å². The van der Waals surface area contributed by atoms with Gasteiger partial charge < -0.3 is 8.83 Å². The minimum atomic E-state index is 0.517. The van der Waals surface area contributed by atoms with E-state index in [1.165, 1.54) is 0 Å². The Morgan fingerprint density at radius 3 is 1.30 bits per heavy atom. The Labute approximate surface area is 309 Å². The van der Waals surface area contributed by atoms with Crippen LogP contribution in [0.25, 0.3) is 111 Å². The summed E-state index contributed by atoms with van der Waals surface area (Å²) in [5, 5.41) is 6.27. The number of rotatable bonds is 5. The molecule has 0 unspecified atom stereocenters. The third-order valence-electron chi connectivity index (χ3n) is 10.4. The van der Waals surface area contributed by atoms with Gasteiger partial charge in [0.25, 0.3) is 0 Å². The largest absolute Gasteiger partial charge is 0.455 e. The summed E-state index contributed by atoms with van der Waals surface area (Å²) < 4.78 is 13.1. The van der Waals surface area contributed by atoms with Crippen molar-refractivity contribution in [2.75, 3.05) is 0 Å². The van der Waals surface area contributed by atoms with Crippen LogP contribution < -0.4 is 0 Å². The van der Waals surface area contributed by atoms with Crippen molar-refractivity contribution in [1.82, 2.24) is 15.0 Å². The molecule has 0 bridgehead atoms. The minimum Gasteiger partial charge on any atom is -0.455 e. The predicted molar refractivity (Wildman–Crippen MR) is 219 cm³/mol. The van der Waals surface area contributed by atoms with Crippen LogP contribution >= 0.6 is 0 Å². The number of aromatic nitrogens is 3. The van der Waals surface area contributed by atoms with Crippen molar-refractivity contribution in [1.29, 1.82) is 0 Å². The highest BCUT2D eigenvalue weighted by Gasteiger charge is 2.23. The molecule has 3 aromatic heterocycles. The SMILES string of the molecule is c1ccc(-c2ccc3c(-c4ccccc4)cccc3c2-c2nc(-c3cccc4c3oc3ccccc34)nc(-c3cccc4c3oc3ccccc34)n2)cc1. The fourth-order valence-corrected chi connectivity index (χ4v) is 7.90. The summed E-state index contributed by atoms with van der Waals surface area (Å²) >= 11 is 0. The van der Waals surface area contributed by atoms with Gasteiger partial charge in [-0.1, -0.05) is 152 Å². The molecule has 3 heterocycles. The second-order valence-electron chi connectivity index (χ2n) is 13.5. The summed E-state index contributed by atoms with van der Waals surface area (Å²) in [6.07, 6.45) is 0. The Hall–Kier alpha value is -7.37. The zero-order valence-corrected chi connectivity index (χ0v) is 28.9. The molecule has 0 aliphatic heterocycles. The molecule has 54 heavy (non-hydrogen) atoms. The summed E-state index contributed by atoms with van der Waals surface area (Å²) in [5.74, 6) is 1.59.